The summed E-state index contributed by atoms with van der Waals surface area (Å²) >= 11 is 12.0. The Balaban J connectivity index is 1.79. The van der Waals surface area contributed by atoms with E-state index >= 15 is 0 Å². The highest BCUT2D eigenvalue weighted by molar-refractivity contribution is 6.42. The molecule has 0 saturated carbocycles. The molecule has 1 aromatic heterocycles. The topological polar surface area (TPSA) is 85.8 Å². The number of nitrogens with one attached hydrogen (secondary N) is 1. The van der Waals surface area contributed by atoms with Crippen LogP contribution in [0.2, 0.25) is 10.0 Å². The Labute approximate surface area is 138 Å². The minimum Gasteiger partial charge on any atom is -0.354 e. The van der Waals surface area contributed by atoms with Crippen LogP contribution in [0.15, 0.2) is 24.4 Å². The first-order chi connectivity index (χ1) is 10.6. The Morgan fingerprint density at radius 1 is 1.32 bits per heavy atom. The molecule has 1 heterocycles. The number of aromatic nitrogens is 3. The zero-order valence-electron chi connectivity index (χ0n) is 11.9. The van der Waals surface area contributed by atoms with Crippen molar-refractivity contribution in [3.8, 4) is 0 Å². The number of amides is 1. The number of carbonyl (C=O) groups is 1. The Morgan fingerprint density at radius 2 is 2.14 bits per heavy atom. The van der Waals surface area contributed by atoms with Gasteiger partial charge in [0, 0.05) is 19.2 Å². The maximum Gasteiger partial charge on any atom is 0.241 e. The van der Waals surface area contributed by atoms with Crippen LogP contribution >= 0.6 is 23.2 Å². The first kappa shape index (κ1) is 16.7. The van der Waals surface area contributed by atoms with Gasteiger partial charge in [0.15, 0.2) is 0 Å². The molecule has 0 spiro atoms. The summed E-state index contributed by atoms with van der Waals surface area (Å²) < 4.78 is 1.49. The van der Waals surface area contributed by atoms with Gasteiger partial charge in [0.25, 0.3) is 0 Å². The fourth-order valence-corrected chi connectivity index (χ4v) is 2.37. The Bertz CT molecular complexity index is 644. The van der Waals surface area contributed by atoms with E-state index in [9.17, 15) is 4.79 Å². The van der Waals surface area contributed by atoms with Crippen LogP contribution in [-0.4, -0.2) is 34.0 Å². The fraction of sp³-hybridized carbons (Fsp3) is 0.357. The van der Waals surface area contributed by atoms with E-state index in [-0.39, 0.29) is 12.5 Å². The number of benzene rings is 1. The van der Waals surface area contributed by atoms with E-state index in [1.165, 1.54) is 4.68 Å². The van der Waals surface area contributed by atoms with E-state index < -0.39 is 0 Å². The predicted molar refractivity (Wildman–Crippen MR) is 86.0 cm³/mol. The van der Waals surface area contributed by atoms with E-state index in [1.54, 1.807) is 12.3 Å². The first-order valence-electron chi connectivity index (χ1n) is 6.89. The molecule has 0 unspecified atom stereocenters. The maximum absolute atomic E-state index is 11.8. The summed E-state index contributed by atoms with van der Waals surface area (Å²) in [4.78, 5) is 11.8. The molecule has 2 rings (SSSR count). The van der Waals surface area contributed by atoms with Gasteiger partial charge in [-0.1, -0.05) is 40.5 Å². The number of halogens is 2. The molecule has 1 aromatic carbocycles. The smallest absolute Gasteiger partial charge is 0.241 e. The lowest BCUT2D eigenvalue weighted by Crippen LogP contribution is -2.29. The number of nitrogens with two attached hydrogens (primary N) is 1. The average molecular weight is 342 g/mol. The summed E-state index contributed by atoms with van der Waals surface area (Å²) in [7, 11) is 0. The lowest BCUT2D eigenvalue weighted by atomic mass is 10.1. The SMILES string of the molecule is NCCc1cn(CC(=O)NCCc2cccc(Cl)c2Cl)nn1. The molecule has 0 bridgehead atoms. The van der Waals surface area contributed by atoms with Gasteiger partial charge in [-0.05, 0) is 24.6 Å². The lowest BCUT2D eigenvalue weighted by molar-refractivity contribution is -0.121. The van der Waals surface area contributed by atoms with Crippen LogP contribution in [0.4, 0.5) is 0 Å². The summed E-state index contributed by atoms with van der Waals surface area (Å²) in [6, 6.07) is 5.45. The van der Waals surface area contributed by atoms with Crippen LogP contribution in [0.25, 0.3) is 0 Å². The van der Waals surface area contributed by atoms with Gasteiger partial charge in [0.05, 0.1) is 15.7 Å². The molecule has 0 aliphatic carbocycles. The summed E-state index contributed by atoms with van der Waals surface area (Å²) in [5, 5.41) is 11.7. The highest BCUT2D eigenvalue weighted by Crippen LogP contribution is 2.25. The summed E-state index contributed by atoms with van der Waals surface area (Å²) in [6.45, 7) is 1.11. The summed E-state index contributed by atoms with van der Waals surface area (Å²) in [6.07, 6.45) is 2.98. The number of rotatable bonds is 7. The summed E-state index contributed by atoms with van der Waals surface area (Å²) in [5.74, 6) is -0.137. The van der Waals surface area contributed by atoms with E-state index in [1.807, 2.05) is 12.1 Å². The molecule has 22 heavy (non-hydrogen) atoms. The molecule has 0 saturated heterocycles. The third-order valence-corrected chi connectivity index (χ3v) is 3.90. The van der Waals surface area contributed by atoms with Gasteiger partial charge in [-0.25, -0.2) is 4.68 Å². The van der Waals surface area contributed by atoms with Gasteiger partial charge in [-0.15, -0.1) is 5.10 Å². The number of hydrogen-bond donors (Lipinski definition) is 2. The van der Waals surface area contributed by atoms with Gasteiger partial charge in [0.1, 0.15) is 6.54 Å². The second-order valence-electron chi connectivity index (χ2n) is 4.76. The molecule has 0 fully saturated rings. The molecule has 1 amide bonds. The molecule has 0 atom stereocenters. The van der Waals surface area contributed by atoms with Crippen LogP contribution in [-0.2, 0) is 24.2 Å². The van der Waals surface area contributed by atoms with Gasteiger partial charge < -0.3 is 11.1 Å². The second kappa shape index (κ2) is 8.12. The zero-order chi connectivity index (χ0) is 15.9. The second-order valence-corrected chi connectivity index (χ2v) is 5.54. The van der Waals surface area contributed by atoms with Crippen LogP contribution in [0.1, 0.15) is 11.3 Å². The normalized spacial score (nSPS) is 10.7. The van der Waals surface area contributed by atoms with Crippen molar-refractivity contribution in [2.75, 3.05) is 13.1 Å². The van der Waals surface area contributed by atoms with Gasteiger partial charge >= 0.3 is 0 Å². The fourth-order valence-electron chi connectivity index (χ4n) is 1.96. The molecule has 8 heteroatoms. The number of nitrogens with zero attached hydrogens (tertiary/aromatic N) is 3. The van der Waals surface area contributed by atoms with E-state index in [4.69, 9.17) is 28.9 Å². The van der Waals surface area contributed by atoms with Crippen LogP contribution in [0.5, 0.6) is 0 Å². The molecule has 6 nitrogen and oxygen atoms in total. The largest absolute Gasteiger partial charge is 0.354 e. The third-order valence-electron chi connectivity index (χ3n) is 3.04. The quantitative estimate of drug-likeness (QED) is 0.797. The number of carbonyl (C=O) groups excluding carboxylic acids is 1. The van der Waals surface area contributed by atoms with Crippen molar-refractivity contribution in [3.05, 3.63) is 45.7 Å². The van der Waals surface area contributed by atoms with Crippen molar-refractivity contribution in [3.63, 3.8) is 0 Å². The van der Waals surface area contributed by atoms with Crippen molar-refractivity contribution >= 4 is 29.1 Å². The molecule has 2 aromatic rings. The molecule has 3 N–H and O–H groups in total. The predicted octanol–water partition coefficient (Wildman–Crippen LogP) is 1.45. The maximum atomic E-state index is 11.8. The summed E-state index contributed by atoms with van der Waals surface area (Å²) in [5.41, 5.74) is 7.12. The van der Waals surface area contributed by atoms with Crippen LogP contribution in [0, 0.1) is 0 Å². The molecule has 0 aliphatic heterocycles. The monoisotopic (exact) mass is 341 g/mol. The molecule has 0 radical (unpaired) electrons. The van der Waals surface area contributed by atoms with Crippen molar-refractivity contribution in [2.24, 2.45) is 5.73 Å². The van der Waals surface area contributed by atoms with Gasteiger partial charge in [-0.2, -0.15) is 0 Å². The molecular weight excluding hydrogens is 325 g/mol. The Kier molecular flexibility index (Phi) is 6.18. The Hall–Kier alpha value is -1.63. The lowest BCUT2D eigenvalue weighted by Gasteiger charge is -2.07. The average Bonchev–Trinajstić information content (AvgIpc) is 2.91. The zero-order valence-corrected chi connectivity index (χ0v) is 13.4. The van der Waals surface area contributed by atoms with Gasteiger partial charge in [-0.3, -0.25) is 4.79 Å². The highest BCUT2D eigenvalue weighted by atomic mass is 35.5. The molecular formula is C14H17Cl2N5O. The minimum atomic E-state index is -0.137. The van der Waals surface area contributed by atoms with E-state index in [0.29, 0.717) is 36.0 Å². The molecule has 118 valence electrons. The minimum absolute atomic E-state index is 0.126. The highest BCUT2D eigenvalue weighted by Gasteiger charge is 2.07. The van der Waals surface area contributed by atoms with Crippen LogP contribution < -0.4 is 11.1 Å². The standard InChI is InChI=1S/C14H17Cl2N5O/c15-12-3-1-2-10(14(12)16)5-7-18-13(22)9-21-8-11(4-6-17)19-20-21/h1-3,8H,4-7,9,17H2,(H,18,22). The first-order valence-corrected chi connectivity index (χ1v) is 7.64. The van der Waals surface area contributed by atoms with Gasteiger partial charge in [0.2, 0.25) is 5.91 Å². The van der Waals surface area contributed by atoms with Crippen molar-refractivity contribution in [1.29, 1.82) is 0 Å². The number of hydrogen-bond acceptors (Lipinski definition) is 4. The van der Waals surface area contributed by atoms with E-state index in [2.05, 4.69) is 15.6 Å². The van der Waals surface area contributed by atoms with Crippen molar-refractivity contribution in [2.45, 2.75) is 19.4 Å². The van der Waals surface area contributed by atoms with E-state index in [0.717, 1.165) is 11.3 Å². The van der Waals surface area contributed by atoms with Crippen LogP contribution in [0.3, 0.4) is 0 Å². The third kappa shape index (κ3) is 4.69. The van der Waals surface area contributed by atoms with Crippen molar-refractivity contribution < 1.29 is 4.79 Å². The van der Waals surface area contributed by atoms with Crippen molar-refractivity contribution in [1.82, 2.24) is 20.3 Å². The molecule has 0 aliphatic rings. The Morgan fingerprint density at radius 3 is 2.91 bits per heavy atom.